The highest BCUT2D eigenvalue weighted by atomic mass is 19.4. The molecule has 1 aliphatic heterocycles. The third-order valence-corrected chi connectivity index (χ3v) is 5.42. The van der Waals surface area contributed by atoms with Gasteiger partial charge in [-0.3, -0.25) is 4.79 Å². The molecule has 162 valence electrons. The first-order valence-corrected chi connectivity index (χ1v) is 9.60. The minimum atomic E-state index is -4.59. The van der Waals surface area contributed by atoms with Crippen LogP contribution >= 0.6 is 0 Å². The largest absolute Gasteiger partial charge is 0.496 e. The van der Waals surface area contributed by atoms with Crippen LogP contribution in [0.3, 0.4) is 0 Å². The zero-order valence-electron chi connectivity index (χ0n) is 17.2. The second-order valence-electron chi connectivity index (χ2n) is 7.50. The van der Waals surface area contributed by atoms with Crippen molar-refractivity contribution in [2.24, 2.45) is 0 Å². The molecular weight excluding hydrogens is 397 g/mol. The number of halogens is 3. The zero-order chi connectivity index (χ0) is 21.9. The lowest BCUT2D eigenvalue weighted by molar-refractivity contribution is -0.137. The van der Waals surface area contributed by atoms with Crippen LogP contribution in [0, 0.1) is 0 Å². The van der Waals surface area contributed by atoms with Crippen molar-refractivity contribution < 1.29 is 27.4 Å². The van der Waals surface area contributed by atoms with Crippen LogP contribution in [-0.2, 0) is 11.7 Å². The zero-order valence-corrected chi connectivity index (χ0v) is 17.2. The highest BCUT2D eigenvalue weighted by Crippen LogP contribution is 2.39. The first-order valence-electron chi connectivity index (χ1n) is 9.60. The second kappa shape index (κ2) is 8.55. The summed E-state index contributed by atoms with van der Waals surface area (Å²) in [5.74, 6) is -0.922. The van der Waals surface area contributed by atoms with Gasteiger partial charge in [0.15, 0.2) is 0 Å². The summed E-state index contributed by atoms with van der Waals surface area (Å²) in [5.41, 5.74) is -0.737. The first-order chi connectivity index (χ1) is 14.2. The lowest BCUT2D eigenvalue weighted by atomic mass is 9.82. The maximum absolute atomic E-state index is 13.3. The molecule has 0 bridgehead atoms. The van der Waals surface area contributed by atoms with Gasteiger partial charge < -0.3 is 19.7 Å². The van der Waals surface area contributed by atoms with Gasteiger partial charge in [0.1, 0.15) is 17.1 Å². The van der Waals surface area contributed by atoms with Crippen molar-refractivity contribution in [3.8, 4) is 11.5 Å². The standard InChI is InChI=1S/C22H25F3N2O3/c1-27-11-7-10-21(14-27,15-8-5-4-6-9-15)26-20(28)19-17(29-2)12-16(22(23,24)25)13-18(19)30-3/h4-6,8-9,12-13H,7,10-11,14H2,1-3H3,(H,26,28)/t21-/m1/s1. The van der Waals surface area contributed by atoms with Gasteiger partial charge in [-0.1, -0.05) is 30.3 Å². The van der Waals surface area contributed by atoms with E-state index in [1.807, 2.05) is 37.4 Å². The number of benzene rings is 2. The fourth-order valence-electron chi connectivity index (χ4n) is 4.02. The number of alkyl halides is 3. The van der Waals surface area contributed by atoms with Gasteiger partial charge >= 0.3 is 6.18 Å². The van der Waals surface area contributed by atoms with E-state index in [0.717, 1.165) is 30.7 Å². The molecule has 2 aromatic carbocycles. The molecule has 2 aromatic rings. The van der Waals surface area contributed by atoms with Gasteiger partial charge in [-0.25, -0.2) is 0 Å². The quantitative estimate of drug-likeness (QED) is 0.789. The number of carbonyl (C=O) groups is 1. The summed E-state index contributed by atoms with van der Waals surface area (Å²) in [6.07, 6.45) is -3.02. The molecule has 1 aliphatic rings. The molecule has 30 heavy (non-hydrogen) atoms. The Morgan fingerprint density at radius 1 is 1.10 bits per heavy atom. The van der Waals surface area contributed by atoms with Crippen molar-refractivity contribution in [2.75, 3.05) is 34.4 Å². The summed E-state index contributed by atoms with van der Waals surface area (Å²) in [5, 5.41) is 3.08. The molecule has 5 nitrogen and oxygen atoms in total. The number of likely N-dealkylation sites (N-methyl/N-ethyl adjacent to an activating group) is 1. The molecule has 1 atom stereocenters. The molecule has 8 heteroatoms. The van der Waals surface area contributed by atoms with Crippen molar-refractivity contribution in [1.29, 1.82) is 0 Å². The first kappa shape index (κ1) is 22.0. The number of likely N-dealkylation sites (tertiary alicyclic amines) is 1. The Morgan fingerprint density at radius 3 is 2.20 bits per heavy atom. The molecule has 1 heterocycles. The number of carbonyl (C=O) groups excluding carboxylic acids is 1. The summed E-state index contributed by atoms with van der Waals surface area (Å²) in [4.78, 5) is 15.5. The average molecular weight is 422 g/mol. The van der Waals surface area contributed by atoms with E-state index in [0.29, 0.717) is 13.0 Å². The normalized spacial score (nSPS) is 19.9. The SMILES string of the molecule is COc1cc(C(F)(F)F)cc(OC)c1C(=O)N[C@]1(c2ccccc2)CCCN(C)C1. The van der Waals surface area contributed by atoms with Gasteiger partial charge in [-0.2, -0.15) is 13.2 Å². The lowest BCUT2D eigenvalue weighted by Gasteiger charge is -2.42. The van der Waals surface area contributed by atoms with E-state index in [1.54, 1.807) is 0 Å². The maximum atomic E-state index is 13.3. The minimum absolute atomic E-state index is 0.0588. The minimum Gasteiger partial charge on any atom is -0.496 e. The number of amides is 1. The molecule has 1 N–H and O–H groups in total. The van der Waals surface area contributed by atoms with Crippen molar-refractivity contribution in [3.63, 3.8) is 0 Å². The van der Waals surface area contributed by atoms with Gasteiger partial charge in [0.25, 0.3) is 5.91 Å². The van der Waals surface area contributed by atoms with Crippen molar-refractivity contribution in [1.82, 2.24) is 10.2 Å². The molecule has 0 aliphatic carbocycles. The Bertz CT molecular complexity index is 877. The monoisotopic (exact) mass is 422 g/mol. The van der Waals surface area contributed by atoms with Crippen LogP contribution in [0.25, 0.3) is 0 Å². The molecule has 3 rings (SSSR count). The molecule has 1 amide bonds. The Kier molecular flexibility index (Phi) is 6.26. The van der Waals surface area contributed by atoms with Crippen molar-refractivity contribution in [3.05, 3.63) is 59.2 Å². The molecule has 0 radical (unpaired) electrons. The fourth-order valence-corrected chi connectivity index (χ4v) is 4.02. The molecule has 1 fully saturated rings. The van der Waals surface area contributed by atoms with Crippen LogP contribution in [0.5, 0.6) is 11.5 Å². The van der Waals surface area contributed by atoms with Gasteiger partial charge in [-0.15, -0.1) is 0 Å². The number of hydrogen-bond donors (Lipinski definition) is 1. The molecule has 0 unspecified atom stereocenters. The second-order valence-corrected chi connectivity index (χ2v) is 7.50. The van der Waals surface area contributed by atoms with Crippen LogP contribution in [0.15, 0.2) is 42.5 Å². The Balaban J connectivity index is 2.04. The van der Waals surface area contributed by atoms with E-state index < -0.39 is 23.2 Å². The smallest absolute Gasteiger partial charge is 0.416 e. The number of nitrogens with zero attached hydrogens (tertiary/aromatic N) is 1. The number of hydrogen-bond acceptors (Lipinski definition) is 4. The molecular formula is C22H25F3N2O3. The predicted octanol–water partition coefficient (Wildman–Crippen LogP) is 4.07. The van der Waals surface area contributed by atoms with Crippen LogP contribution in [0.1, 0.15) is 34.3 Å². The molecule has 1 saturated heterocycles. The highest BCUT2D eigenvalue weighted by molar-refractivity contribution is 6.00. The van der Waals surface area contributed by atoms with E-state index in [1.165, 1.54) is 14.2 Å². The van der Waals surface area contributed by atoms with Crippen molar-refractivity contribution >= 4 is 5.91 Å². The predicted molar refractivity (Wildman–Crippen MR) is 107 cm³/mol. The van der Waals surface area contributed by atoms with Crippen LogP contribution in [0.2, 0.25) is 0 Å². The molecule has 0 saturated carbocycles. The van der Waals surface area contributed by atoms with Gasteiger partial charge in [-0.05, 0) is 44.1 Å². The molecule has 0 aromatic heterocycles. The topological polar surface area (TPSA) is 50.8 Å². The van der Waals surface area contributed by atoms with E-state index in [9.17, 15) is 18.0 Å². The van der Waals surface area contributed by atoms with Crippen molar-refractivity contribution in [2.45, 2.75) is 24.6 Å². The van der Waals surface area contributed by atoms with E-state index in [-0.39, 0.29) is 17.1 Å². The van der Waals surface area contributed by atoms with Gasteiger partial charge in [0, 0.05) is 6.54 Å². The van der Waals surface area contributed by atoms with Gasteiger partial charge in [0.05, 0.1) is 25.3 Å². The third-order valence-electron chi connectivity index (χ3n) is 5.42. The fraction of sp³-hybridized carbons (Fsp3) is 0.409. The lowest BCUT2D eigenvalue weighted by Crippen LogP contribution is -2.55. The summed E-state index contributed by atoms with van der Waals surface area (Å²) in [6, 6.07) is 11.2. The summed E-state index contributed by atoms with van der Waals surface area (Å²) < 4.78 is 50.0. The average Bonchev–Trinajstić information content (AvgIpc) is 2.72. The Morgan fingerprint density at radius 2 is 1.70 bits per heavy atom. The van der Waals surface area contributed by atoms with E-state index >= 15 is 0 Å². The highest BCUT2D eigenvalue weighted by Gasteiger charge is 2.40. The van der Waals surface area contributed by atoms with Crippen LogP contribution in [0.4, 0.5) is 13.2 Å². The summed E-state index contributed by atoms with van der Waals surface area (Å²) in [6.45, 7) is 1.48. The Hall–Kier alpha value is -2.74. The number of nitrogens with one attached hydrogen (secondary N) is 1. The van der Waals surface area contributed by atoms with Crippen LogP contribution in [-0.4, -0.2) is 45.2 Å². The number of piperidine rings is 1. The van der Waals surface area contributed by atoms with E-state index in [4.69, 9.17) is 9.47 Å². The number of ether oxygens (including phenoxy) is 2. The maximum Gasteiger partial charge on any atom is 0.416 e. The summed E-state index contributed by atoms with van der Waals surface area (Å²) >= 11 is 0. The van der Waals surface area contributed by atoms with Gasteiger partial charge in [0.2, 0.25) is 0 Å². The third kappa shape index (κ3) is 4.38. The van der Waals surface area contributed by atoms with Crippen LogP contribution < -0.4 is 14.8 Å². The van der Waals surface area contributed by atoms with E-state index in [2.05, 4.69) is 10.2 Å². The number of rotatable bonds is 5. The summed E-state index contributed by atoms with van der Waals surface area (Å²) in [7, 11) is 4.43. The molecule has 0 spiro atoms. The number of methoxy groups -OCH3 is 2. The Labute approximate surface area is 173 Å².